The van der Waals surface area contributed by atoms with Gasteiger partial charge in [0, 0.05) is 30.8 Å². The van der Waals surface area contributed by atoms with Crippen LogP contribution in [0.3, 0.4) is 0 Å². The van der Waals surface area contributed by atoms with Crippen LogP contribution >= 0.6 is 0 Å². The SMILES string of the molecule is CS(=O)(=O)c1ccccc1Cn1nc(C(=O)NCCc2nnc3ccccn23)c2ccccc21. The molecule has 0 aliphatic rings. The van der Waals surface area contributed by atoms with Gasteiger partial charge in [0.1, 0.15) is 5.82 Å². The fourth-order valence-electron chi connectivity index (χ4n) is 4.01. The van der Waals surface area contributed by atoms with Crippen molar-refractivity contribution < 1.29 is 13.2 Å². The topological polar surface area (TPSA) is 111 Å². The normalized spacial score (nSPS) is 11.8. The van der Waals surface area contributed by atoms with E-state index in [9.17, 15) is 13.2 Å². The Bertz CT molecular complexity index is 1620. The first kappa shape index (κ1) is 21.8. The summed E-state index contributed by atoms with van der Waals surface area (Å²) in [7, 11) is -3.40. The summed E-state index contributed by atoms with van der Waals surface area (Å²) in [5.74, 6) is 0.448. The summed E-state index contributed by atoms with van der Waals surface area (Å²) in [6, 6.07) is 19.9. The maximum absolute atomic E-state index is 13.0. The van der Waals surface area contributed by atoms with Crippen LogP contribution in [-0.4, -0.2) is 51.5 Å². The molecular weight excluding hydrogens is 452 g/mol. The molecule has 2 aromatic carbocycles. The van der Waals surface area contributed by atoms with E-state index in [1.54, 1.807) is 28.9 Å². The van der Waals surface area contributed by atoms with Gasteiger partial charge >= 0.3 is 0 Å². The second-order valence-electron chi connectivity index (χ2n) is 7.95. The summed E-state index contributed by atoms with van der Waals surface area (Å²) < 4.78 is 28.0. The Kier molecular flexibility index (Phi) is 5.58. The second kappa shape index (κ2) is 8.71. The van der Waals surface area contributed by atoms with Gasteiger partial charge in [-0.3, -0.25) is 13.9 Å². The number of hydrogen-bond donors (Lipinski definition) is 1. The van der Waals surface area contributed by atoms with Gasteiger partial charge in [-0.15, -0.1) is 10.2 Å². The third-order valence-electron chi connectivity index (χ3n) is 5.58. The number of pyridine rings is 1. The average molecular weight is 475 g/mol. The molecule has 0 saturated carbocycles. The quantitative estimate of drug-likeness (QED) is 0.388. The van der Waals surface area contributed by atoms with Crippen molar-refractivity contribution >= 4 is 32.3 Å². The molecular formula is C24H22N6O3S. The van der Waals surface area contributed by atoms with Crippen LogP contribution in [0, 0.1) is 0 Å². The number of amides is 1. The zero-order valence-corrected chi connectivity index (χ0v) is 19.2. The van der Waals surface area contributed by atoms with Crippen LogP contribution in [0.2, 0.25) is 0 Å². The van der Waals surface area contributed by atoms with E-state index in [1.807, 2.05) is 53.1 Å². The molecule has 0 aliphatic carbocycles. The zero-order valence-electron chi connectivity index (χ0n) is 18.4. The van der Waals surface area contributed by atoms with Gasteiger partial charge in [0.25, 0.3) is 5.91 Å². The molecule has 0 radical (unpaired) electrons. The third kappa shape index (κ3) is 4.15. The molecule has 5 aromatic rings. The standard InChI is InChI=1S/C24H22N6O3S/c1-34(32,33)20-11-5-2-8-17(20)16-30-19-10-4-3-9-18(19)23(28-30)24(31)25-14-13-22-27-26-21-12-6-7-15-29(21)22/h2-12,15H,13-14,16H2,1H3,(H,25,31). The number of benzene rings is 2. The van der Waals surface area contributed by atoms with Crippen LogP contribution in [0.15, 0.2) is 77.8 Å². The van der Waals surface area contributed by atoms with Gasteiger partial charge in [0.15, 0.2) is 21.2 Å². The van der Waals surface area contributed by atoms with E-state index in [0.717, 1.165) is 17.0 Å². The van der Waals surface area contributed by atoms with Crippen molar-refractivity contribution in [3.8, 4) is 0 Å². The number of carbonyl (C=O) groups is 1. The van der Waals surface area contributed by atoms with Crippen LogP contribution < -0.4 is 5.32 Å². The summed E-state index contributed by atoms with van der Waals surface area (Å²) in [4.78, 5) is 13.3. The molecule has 0 aliphatic heterocycles. The van der Waals surface area contributed by atoms with Gasteiger partial charge in [0.2, 0.25) is 0 Å². The molecule has 0 saturated heterocycles. The Morgan fingerprint density at radius 2 is 1.74 bits per heavy atom. The number of aromatic nitrogens is 5. The lowest BCUT2D eigenvalue weighted by Gasteiger charge is -2.09. The molecule has 3 heterocycles. The first-order valence-corrected chi connectivity index (χ1v) is 12.6. The molecule has 1 amide bonds. The number of rotatable bonds is 7. The fraction of sp³-hybridized carbons (Fsp3) is 0.167. The molecule has 172 valence electrons. The van der Waals surface area contributed by atoms with E-state index < -0.39 is 9.84 Å². The zero-order chi connectivity index (χ0) is 23.7. The minimum Gasteiger partial charge on any atom is -0.350 e. The van der Waals surface area contributed by atoms with E-state index >= 15 is 0 Å². The van der Waals surface area contributed by atoms with E-state index in [4.69, 9.17) is 0 Å². The summed E-state index contributed by atoms with van der Waals surface area (Å²) in [5.41, 5.74) is 2.41. The first-order valence-electron chi connectivity index (χ1n) is 10.7. The maximum Gasteiger partial charge on any atom is 0.272 e. The fourth-order valence-corrected chi connectivity index (χ4v) is 4.94. The Hall–Kier alpha value is -4.05. The summed E-state index contributed by atoms with van der Waals surface area (Å²) in [6.45, 7) is 0.593. The number of nitrogens with one attached hydrogen (secondary N) is 1. The van der Waals surface area contributed by atoms with Gasteiger partial charge in [-0.2, -0.15) is 5.10 Å². The molecule has 1 N–H and O–H groups in total. The molecule has 0 bridgehead atoms. The van der Waals surface area contributed by atoms with Crippen LogP contribution in [0.4, 0.5) is 0 Å². The van der Waals surface area contributed by atoms with Crippen LogP contribution in [-0.2, 0) is 22.8 Å². The van der Waals surface area contributed by atoms with Gasteiger partial charge < -0.3 is 5.32 Å². The Morgan fingerprint density at radius 1 is 0.971 bits per heavy atom. The second-order valence-corrected chi connectivity index (χ2v) is 9.94. The molecule has 34 heavy (non-hydrogen) atoms. The lowest BCUT2D eigenvalue weighted by Crippen LogP contribution is -2.27. The number of para-hydroxylation sites is 1. The van der Waals surface area contributed by atoms with E-state index in [-0.39, 0.29) is 17.3 Å². The van der Waals surface area contributed by atoms with Crippen molar-refractivity contribution in [1.29, 1.82) is 0 Å². The molecule has 0 fully saturated rings. The number of hydrogen-bond acceptors (Lipinski definition) is 6. The van der Waals surface area contributed by atoms with Gasteiger partial charge in [-0.1, -0.05) is 42.5 Å². The molecule has 5 rings (SSSR count). The predicted molar refractivity (Wildman–Crippen MR) is 127 cm³/mol. The Morgan fingerprint density at radius 3 is 2.59 bits per heavy atom. The summed E-state index contributed by atoms with van der Waals surface area (Å²) >= 11 is 0. The maximum atomic E-state index is 13.0. The molecule has 9 nitrogen and oxygen atoms in total. The average Bonchev–Trinajstić information content (AvgIpc) is 3.41. The first-order chi connectivity index (χ1) is 16.4. The van der Waals surface area contributed by atoms with Gasteiger partial charge in [0.05, 0.1) is 17.0 Å². The molecule has 0 atom stereocenters. The summed E-state index contributed by atoms with van der Waals surface area (Å²) in [5, 5.41) is 16.5. The number of fused-ring (bicyclic) bond motifs is 2. The van der Waals surface area contributed by atoms with Gasteiger partial charge in [-0.05, 0) is 29.8 Å². The largest absolute Gasteiger partial charge is 0.350 e. The predicted octanol–water partition coefficient (Wildman–Crippen LogP) is 2.50. The van der Waals surface area contributed by atoms with Crippen LogP contribution in [0.1, 0.15) is 21.9 Å². The Labute approximate surface area is 196 Å². The van der Waals surface area contributed by atoms with Crippen molar-refractivity contribution in [2.75, 3.05) is 12.8 Å². The molecule has 3 aromatic heterocycles. The number of nitrogens with zero attached hydrogens (tertiary/aromatic N) is 5. The molecule has 0 unspecified atom stereocenters. The van der Waals surface area contributed by atoms with Gasteiger partial charge in [-0.25, -0.2) is 8.42 Å². The van der Waals surface area contributed by atoms with Crippen molar-refractivity contribution in [3.63, 3.8) is 0 Å². The molecule has 10 heteroatoms. The van der Waals surface area contributed by atoms with E-state index in [0.29, 0.717) is 29.6 Å². The minimum atomic E-state index is -3.40. The Balaban J connectivity index is 1.39. The van der Waals surface area contributed by atoms with Crippen molar-refractivity contribution in [2.24, 2.45) is 0 Å². The van der Waals surface area contributed by atoms with Crippen molar-refractivity contribution in [1.82, 2.24) is 29.7 Å². The molecule has 0 spiro atoms. The number of sulfone groups is 1. The van der Waals surface area contributed by atoms with E-state index in [2.05, 4.69) is 20.6 Å². The van der Waals surface area contributed by atoms with Crippen molar-refractivity contribution in [2.45, 2.75) is 17.9 Å². The van der Waals surface area contributed by atoms with Crippen LogP contribution in [0.25, 0.3) is 16.6 Å². The highest BCUT2D eigenvalue weighted by atomic mass is 32.2. The minimum absolute atomic E-state index is 0.225. The smallest absolute Gasteiger partial charge is 0.272 e. The number of carbonyl (C=O) groups excluding carboxylic acids is 1. The highest BCUT2D eigenvalue weighted by Gasteiger charge is 2.19. The highest BCUT2D eigenvalue weighted by molar-refractivity contribution is 7.90. The lowest BCUT2D eigenvalue weighted by atomic mass is 10.2. The highest BCUT2D eigenvalue weighted by Crippen LogP contribution is 2.22. The third-order valence-corrected chi connectivity index (χ3v) is 6.78. The van der Waals surface area contributed by atoms with E-state index in [1.165, 1.54) is 6.26 Å². The van der Waals surface area contributed by atoms with Crippen LogP contribution in [0.5, 0.6) is 0 Å². The summed E-state index contributed by atoms with van der Waals surface area (Å²) in [6.07, 6.45) is 3.58. The van der Waals surface area contributed by atoms with Crippen molar-refractivity contribution in [3.05, 3.63) is 90.0 Å². The lowest BCUT2D eigenvalue weighted by molar-refractivity contribution is 0.0949. The monoisotopic (exact) mass is 474 g/mol.